The van der Waals surface area contributed by atoms with E-state index in [1.807, 2.05) is 0 Å². The second-order valence-electron chi connectivity index (χ2n) is 11.9. The predicted octanol–water partition coefficient (Wildman–Crippen LogP) is 11.4. The largest absolute Gasteiger partial charge is 0.309 e. The topological polar surface area (TPSA) is 4.93 Å². The minimum atomic E-state index is -0.413. The van der Waals surface area contributed by atoms with Crippen molar-refractivity contribution in [3.05, 3.63) is 196 Å². The molecule has 0 saturated carbocycles. The lowest BCUT2D eigenvalue weighted by atomic mass is 9.67. The van der Waals surface area contributed by atoms with Crippen LogP contribution < -0.4 is 0 Å². The van der Waals surface area contributed by atoms with Gasteiger partial charge < -0.3 is 4.57 Å². The lowest BCUT2D eigenvalue weighted by molar-refractivity contribution is 0.769. The van der Waals surface area contributed by atoms with Crippen LogP contribution in [0.25, 0.3) is 49.7 Å². The standard InChI is InChI=1S/C43H28IN/c44-33-22-25-38-37-24-21-30(27-41(37)45(42(38)28-33)34-16-8-3-9-17-34)29-20-23-36-35-18-10-11-19-39(35)43(40(36)26-29,31-12-4-1-5-13-31)32-14-6-2-7-15-32/h1-28H. The fourth-order valence-electron chi connectivity index (χ4n) is 7.65. The van der Waals surface area contributed by atoms with E-state index in [0.29, 0.717) is 0 Å². The van der Waals surface area contributed by atoms with Gasteiger partial charge in [-0.15, -0.1) is 0 Å². The summed E-state index contributed by atoms with van der Waals surface area (Å²) in [7, 11) is 0. The fourth-order valence-corrected chi connectivity index (χ4v) is 8.13. The highest BCUT2D eigenvalue weighted by Crippen LogP contribution is 2.56. The van der Waals surface area contributed by atoms with Crippen molar-refractivity contribution in [1.29, 1.82) is 0 Å². The van der Waals surface area contributed by atoms with Crippen LogP contribution in [0.4, 0.5) is 0 Å². The molecule has 212 valence electrons. The molecule has 45 heavy (non-hydrogen) atoms. The first-order valence-electron chi connectivity index (χ1n) is 15.4. The second kappa shape index (κ2) is 10.3. The Hall–Kier alpha value is -4.93. The van der Waals surface area contributed by atoms with E-state index in [0.717, 1.165) is 0 Å². The third kappa shape index (κ3) is 3.92. The summed E-state index contributed by atoms with van der Waals surface area (Å²) in [6, 6.07) is 62.6. The number of benzene rings is 7. The molecule has 0 aliphatic heterocycles. The van der Waals surface area contributed by atoms with Crippen LogP contribution in [0.1, 0.15) is 22.3 Å². The van der Waals surface area contributed by atoms with Crippen LogP contribution in [0, 0.1) is 3.57 Å². The Morgan fingerprint density at radius 2 is 0.956 bits per heavy atom. The summed E-state index contributed by atoms with van der Waals surface area (Å²) < 4.78 is 3.65. The summed E-state index contributed by atoms with van der Waals surface area (Å²) in [4.78, 5) is 0. The molecule has 9 rings (SSSR count). The van der Waals surface area contributed by atoms with Crippen LogP contribution in [-0.4, -0.2) is 4.57 Å². The quantitative estimate of drug-likeness (QED) is 0.163. The molecule has 0 amide bonds. The molecule has 1 nitrogen and oxygen atoms in total. The minimum absolute atomic E-state index is 0.413. The number of rotatable bonds is 4. The average molecular weight is 686 g/mol. The van der Waals surface area contributed by atoms with Gasteiger partial charge >= 0.3 is 0 Å². The van der Waals surface area contributed by atoms with Crippen LogP contribution in [0.5, 0.6) is 0 Å². The van der Waals surface area contributed by atoms with Gasteiger partial charge in [-0.1, -0.05) is 133 Å². The van der Waals surface area contributed by atoms with Gasteiger partial charge in [0.25, 0.3) is 0 Å². The van der Waals surface area contributed by atoms with Crippen LogP contribution >= 0.6 is 22.6 Å². The van der Waals surface area contributed by atoms with E-state index < -0.39 is 5.41 Å². The summed E-state index contributed by atoms with van der Waals surface area (Å²) in [5.41, 5.74) is 13.5. The molecule has 0 unspecified atom stereocenters. The van der Waals surface area contributed by atoms with Crippen molar-refractivity contribution in [2.75, 3.05) is 0 Å². The van der Waals surface area contributed by atoms with E-state index in [1.165, 1.54) is 75.6 Å². The van der Waals surface area contributed by atoms with E-state index in [1.54, 1.807) is 0 Å². The van der Waals surface area contributed by atoms with Gasteiger partial charge in [-0.25, -0.2) is 0 Å². The minimum Gasteiger partial charge on any atom is -0.309 e. The number of para-hydroxylation sites is 1. The van der Waals surface area contributed by atoms with Gasteiger partial charge in [0.2, 0.25) is 0 Å². The van der Waals surface area contributed by atoms with Gasteiger partial charge in [0, 0.05) is 20.0 Å². The zero-order valence-electron chi connectivity index (χ0n) is 24.5. The summed E-state index contributed by atoms with van der Waals surface area (Å²) in [5, 5.41) is 2.54. The molecule has 2 heteroatoms. The van der Waals surface area contributed by atoms with Crippen LogP contribution in [-0.2, 0) is 5.41 Å². The molecule has 1 aliphatic rings. The maximum atomic E-state index is 2.45. The molecular formula is C43H28IN. The number of hydrogen-bond acceptors (Lipinski definition) is 0. The predicted molar refractivity (Wildman–Crippen MR) is 196 cm³/mol. The molecule has 0 saturated heterocycles. The smallest absolute Gasteiger partial charge is 0.0713 e. The lowest BCUT2D eigenvalue weighted by Gasteiger charge is -2.34. The van der Waals surface area contributed by atoms with Gasteiger partial charge in [-0.05, 0) is 103 Å². The molecule has 0 bridgehead atoms. The Labute approximate surface area is 276 Å². The monoisotopic (exact) mass is 685 g/mol. The Morgan fingerprint density at radius 1 is 0.422 bits per heavy atom. The van der Waals surface area contributed by atoms with Crippen LogP contribution in [0.2, 0.25) is 0 Å². The molecule has 0 fully saturated rings. The molecule has 1 aliphatic carbocycles. The summed E-state index contributed by atoms with van der Waals surface area (Å²) >= 11 is 2.42. The summed E-state index contributed by atoms with van der Waals surface area (Å²) in [5.74, 6) is 0. The second-order valence-corrected chi connectivity index (χ2v) is 13.1. The zero-order chi connectivity index (χ0) is 30.0. The number of fused-ring (bicyclic) bond motifs is 6. The average Bonchev–Trinajstić information content (AvgIpc) is 3.59. The maximum absolute atomic E-state index is 2.45. The van der Waals surface area contributed by atoms with Gasteiger partial charge in [0.15, 0.2) is 0 Å². The maximum Gasteiger partial charge on any atom is 0.0713 e. The van der Waals surface area contributed by atoms with Crippen molar-refractivity contribution in [3.63, 3.8) is 0 Å². The zero-order valence-corrected chi connectivity index (χ0v) is 26.6. The van der Waals surface area contributed by atoms with Crippen molar-refractivity contribution < 1.29 is 0 Å². The highest BCUT2D eigenvalue weighted by Gasteiger charge is 2.46. The third-order valence-electron chi connectivity index (χ3n) is 9.54. The molecule has 1 aromatic heterocycles. The number of nitrogens with zero attached hydrogens (tertiary/aromatic N) is 1. The third-order valence-corrected chi connectivity index (χ3v) is 10.2. The molecule has 1 heterocycles. The molecule has 0 atom stereocenters. The van der Waals surface area contributed by atoms with Gasteiger partial charge in [0.1, 0.15) is 0 Å². The normalized spacial score (nSPS) is 13.2. The SMILES string of the molecule is Ic1ccc2c3ccc(-c4ccc5c(c4)C(c4ccccc4)(c4ccccc4)c4ccccc4-5)cc3n(-c3ccccc3)c2c1. The number of halogens is 1. The number of hydrogen-bond donors (Lipinski definition) is 0. The number of aromatic nitrogens is 1. The van der Waals surface area contributed by atoms with Crippen molar-refractivity contribution in [2.24, 2.45) is 0 Å². The van der Waals surface area contributed by atoms with E-state index in [2.05, 4.69) is 197 Å². The van der Waals surface area contributed by atoms with Crippen molar-refractivity contribution in [2.45, 2.75) is 5.41 Å². The Morgan fingerprint density at radius 3 is 1.67 bits per heavy atom. The van der Waals surface area contributed by atoms with Gasteiger partial charge in [0.05, 0.1) is 16.4 Å². The highest BCUT2D eigenvalue weighted by atomic mass is 127. The summed E-state index contributed by atoms with van der Waals surface area (Å²) in [6.07, 6.45) is 0. The van der Waals surface area contributed by atoms with Crippen molar-refractivity contribution in [1.82, 2.24) is 4.57 Å². The van der Waals surface area contributed by atoms with Crippen molar-refractivity contribution in [3.8, 4) is 27.9 Å². The van der Waals surface area contributed by atoms with Crippen LogP contribution in [0.15, 0.2) is 170 Å². The van der Waals surface area contributed by atoms with Crippen molar-refractivity contribution >= 4 is 44.4 Å². The Balaban J connectivity index is 1.32. The molecule has 7 aromatic carbocycles. The molecule has 0 spiro atoms. The first kappa shape index (κ1) is 26.5. The van der Waals surface area contributed by atoms with E-state index in [4.69, 9.17) is 0 Å². The van der Waals surface area contributed by atoms with E-state index >= 15 is 0 Å². The lowest BCUT2D eigenvalue weighted by Crippen LogP contribution is -2.28. The Bertz CT molecular complexity index is 2330. The van der Waals surface area contributed by atoms with E-state index in [-0.39, 0.29) is 0 Å². The van der Waals surface area contributed by atoms with Gasteiger partial charge in [-0.3, -0.25) is 0 Å². The van der Waals surface area contributed by atoms with E-state index in [9.17, 15) is 0 Å². The molecule has 0 radical (unpaired) electrons. The first-order chi connectivity index (χ1) is 22.2. The first-order valence-corrected chi connectivity index (χ1v) is 16.5. The molecule has 0 N–H and O–H groups in total. The Kier molecular flexibility index (Phi) is 6.07. The molecule has 8 aromatic rings. The fraction of sp³-hybridized carbons (Fsp3) is 0.0233. The van der Waals surface area contributed by atoms with Gasteiger partial charge in [-0.2, -0.15) is 0 Å². The van der Waals surface area contributed by atoms with Crippen LogP contribution in [0.3, 0.4) is 0 Å². The summed E-state index contributed by atoms with van der Waals surface area (Å²) in [6.45, 7) is 0. The highest BCUT2D eigenvalue weighted by molar-refractivity contribution is 14.1. The molecular weight excluding hydrogens is 657 g/mol.